The molecule has 0 aliphatic carbocycles. The summed E-state index contributed by atoms with van der Waals surface area (Å²) in [6.07, 6.45) is 5.31. The third kappa shape index (κ3) is 4.20. The lowest BCUT2D eigenvalue weighted by atomic mass is 9.98. The van der Waals surface area contributed by atoms with Crippen LogP contribution in [0.3, 0.4) is 0 Å². The lowest BCUT2D eigenvalue weighted by molar-refractivity contribution is -0.116. The van der Waals surface area contributed by atoms with E-state index < -0.39 is 0 Å². The second kappa shape index (κ2) is 8.75. The van der Waals surface area contributed by atoms with E-state index in [1.54, 1.807) is 4.68 Å². The van der Waals surface area contributed by atoms with E-state index in [0.29, 0.717) is 24.7 Å². The van der Waals surface area contributed by atoms with Crippen molar-refractivity contribution in [2.45, 2.75) is 31.6 Å². The first-order valence-electron chi connectivity index (χ1n) is 9.56. The van der Waals surface area contributed by atoms with E-state index in [-0.39, 0.29) is 18.3 Å². The van der Waals surface area contributed by atoms with E-state index in [1.807, 2.05) is 26.2 Å². The fourth-order valence-electron chi connectivity index (χ4n) is 3.83. The number of para-hydroxylation sites is 1. The van der Waals surface area contributed by atoms with Gasteiger partial charge in [0.05, 0.1) is 0 Å². The normalized spacial score (nSPS) is 14.8. The number of hydrogen-bond donors (Lipinski definition) is 2. The highest BCUT2D eigenvalue weighted by molar-refractivity contribution is 5.90. The van der Waals surface area contributed by atoms with Crippen molar-refractivity contribution in [2.75, 3.05) is 18.4 Å². The van der Waals surface area contributed by atoms with Crippen LogP contribution in [0.15, 0.2) is 30.5 Å². The number of hydrogen-bond acceptors (Lipinski definition) is 4. The second-order valence-electron chi connectivity index (χ2n) is 7.27. The van der Waals surface area contributed by atoms with Gasteiger partial charge in [0.25, 0.3) is 0 Å². The molecular weight excluding hydrogens is 376 g/mol. The molecule has 0 spiro atoms. The largest absolute Gasteiger partial charge is 0.350 e. The standard InChI is InChI=1S/C20H26N6O.ClH/c1-25-13-15(16-5-3-4-6-17(16)25)7-8-18(27)22-20-23-19(24-26(20)2)14-9-11-21-12-10-14;/h3-6,13-14,21H,7-12H2,1-2H3,(H,22,23,24,27);1H. The third-order valence-electron chi connectivity index (χ3n) is 5.34. The fraction of sp³-hybridized carbons (Fsp3) is 0.450. The molecule has 0 radical (unpaired) electrons. The summed E-state index contributed by atoms with van der Waals surface area (Å²) in [5.41, 5.74) is 2.38. The first-order chi connectivity index (χ1) is 13.1. The summed E-state index contributed by atoms with van der Waals surface area (Å²) in [7, 11) is 3.87. The van der Waals surface area contributed by atoms with Gasteiger partial charge >= 0.3 is 0 Å². The van der Waals surface area contributed by atoms with E-state index >= 15 is 0 Å². The molecule has 0 bridgehead atoms. The molecule has 2 aromatic heterocycles. The molecule has 1 fully saturated rings. The van der Waals surface area contributed by atoms with Gasteiger partial charge in [-0.1, -0.05) is 18.2 Å². The van der Waals surface area contributed by atoms with Gasteiger partial charge in [0, 0.05) is 43.5 Å². The Balaban J connectivity index is 0.00000225. The molecule has 0 atom stereocenters. The number of aryl methyl sites for hydroxylation is 3. The highest BCUT2D eigenvalue weighted by Crippen LogP contribution is 2.24. The Morgan fingerprint density at radius 2 is 2.00 bits per heavy atom. The predicted molar refractivity (Wildman–Crippen MR) is 113 cm³/mol. The van der Waals surface area contributed by atoms with E-state index in [0.717, 1.165) is 31.8 Å². The van der Waals surface area contributed by atoms with Crippen LogP contribution in [0.5, 0.6) is 0 Å². The molecule has 3 aromatic rings. The number of halogens is 1. The maximum atomic E-state index is 12.5. The van der Waals surface area contributed by atoms with Crippen molar-refractivity contribution >= 4 is 35.2 Å². The van der Waals surface area contributed by atoms with Crippen LogP contribution >= 0.6 is 12.4 Å². The van der Waals surface area contributed by atoms with Crippen LogP contribution in [0.2, 0.25) is 0 Å². The molecule has 28 heavy (non-hydrogen) atoms. The molecule has 1 aromatic carbocycles. The number of amides is 1. The van der Waals surface area contributed by atoms with Crippen LogP contribution in [-0.2, 0) is 25.3 Å². The van der Waals surface area contributed by atoms with Crippen molar-refractivity contribution in [1.82, 2.24) is 24.6 Å². The Kier molecular flexibility index (Phi) is 6.36. The Labute approximate surface area is 170 Å². The summed E-state index contributed by atoms with van der Waals surface area (Å²) in [5.74, 6) is 1.71. The van der Waals surface area contributed by atoms with Gasteiger partial charge in [-0.05, 0) is 44.0 Å². The topological polar surface area (TPSA) is 76.8 Å². The van der Waals surface area contributed by atoms with E-state index in [2.05, 4.69) is 43.6 Å². The van der Waals surface area contributed by atoms with Crippen molar-refractivity contribution in [3.63, 3.8) is 0 Å². The molecule has 1 amide bonds. The average Bonchev–Trinajstić information content (AvgIpc) is 3.21. The molecule has 8 heteroatoms. The highest BCUT2D eigenvalue weighted by atomic mass is 35.5. The second-order valence-corrected chi connectivity index (χ2v) is 7.27. The molecule has 3 heterocycles. The van der Waals surface area contributed by atoms with Crippen molar-refractivity contribution < 1.29 is 4.79 Å². The number of anilines is 1. The van der Waals surface area contributed by atoms with Gasteiger partial charge in [-0.25, -0.2) is 4.68 Å². The van der Waals surface area contributed by atoms with Crippen molar-refractivity contribution in [1.29, 1.82) is 0 Å². The summed E-state index contributed by atoms with van der Waals surface area (Å²) in [6, 6.07) is 8.28. The molecule has 7 nitrogen and oxygen atoms in total. The van der Waals surface area contributed by atoms with Crippen LogP contribution < -0.4 is 10.6 Å². The number of nitrogens with zero attached hydrogens (tertiary/aromatic N) is 4. The molecule has 0 unspecified atom stereocenters. The van der Waals surface area contributed by atoms with Crippen molar-refractivity contribution in [3.05, 3.63) is 41.9 Å². The molecule has 2 N–H and O–H groups in total. The van der Waals surface area contributed by atoms with Crippen LogP contribution in [0.4, 0.5) is 5.95 Å². The Morgan fingerprint density at radius 3 is 2.79 bits per heavy atom. The molecule has 1 aliphatic heterocycles. The van der Waals surface area contributed by atoms with Gasteiger partial charge in [0.15, 0.2) is 5.82 Å². The SMILES string of the molecule is Cl.Cn1nc(C2CCNCC2)nc1NC(=O)CCc1cn(C)c2ccccc12. The van der Waals surface area contributed by atoms with Crippen LogP contribution in [0.1, 0.15) is 36.6 Å². The molecular formula is C20H27ClN6O. The Hall–Kier alpha value is -2.38. The Morgan fingerprint density at radius 1 is 1.25 bits per heavy atom. The number of carbonyl (C=O) groups excluding carboxylic acids is 1. The number of benzene rings is 1. The van der Waals surface area contributed by atoms with Crippen LogP contribution in [0.25, 0.3) is 10.9 Å². The number of rotatable bonds is 5. The summed E-state index contributed by atoms with van der Waals surface area (Å²) in [6.45, 7) is 1.99. The highest BCUT2D eigenvalue weighted by Gasteiger charge is 2.21. The summed E-state index contributed by atoms with van der Waals surface area (Å²) in [4.78, 5) is 17.0. The summed E-state index contributed by atoms with van der Waals surface area (Å²) in [5, 5.41) is 12.0. The first kappa shape index (κ1) is 20.4. The van der Waals surface area contributed by atoms with E-state index in [9.17, 15) is 4.79 Å². The monoisotopic (exact) mass is 402 g/mol. The third-order valence-corrected chi connectivity index (χ3v) is 5.34. The average molecular weight is 403 g/mol. The maximum Gasteiger partial charge on any atom is 0.227 e. The number of carbonyl (C=O) groups is 1. The van der Waals surface area contributed by atoms with Crippen LogP contribution in [-0.4, -0.2) is 38.3 Å². The number of fused-ring (bicyclic) bond motifs is 1. The molecule has 0 saturated carbocycles. The number of aromatic nitrogens is 4. The zero-order chi connectivity index (χ0) is 18.8. The van der Waals surface area contributed by atoms with E-state index in [4.69, 9.17) is 0 Å². The van der Waals surface area contributed by atoms with Gasteiger partial charge < -0.3 is 9.88 Å². The van der Waals surface area contributed by atoms with Gasteiger partial charge in [-0.3, -0.25) is 10.1 Å². The maximum absolute atomic E-state index is 12.5. The number of piperidine rings is 1. The lowest BCUT2D eigenvalue weighted by Crippen LogP contribution is -2.27. The molecule has 1 aliphatic rings. The molecule has 4 rings (SSSR count). The summed E-state index contributed by atoms with van der Waals surface area (Å²) >= 11 is 0. The first-order valence-corrected chi connectivity index (χ1v) is 9.56. The zero-order valence-corrected chi connectivity index (χ0v) is 17.1. The smallest absolute Gasteiger partial charge is 0.227 e. The zero-order valence-electron chi connectivity index (χ0n) is 16.3. The van der Waals surface area contributed by atoms with Gasteiger partial charge in [0.1, 0.15) is 0 Å². The fourth-order valence-corrected chi connectivity index (χ4v) is 3.83. The van der Waals surface area contributed by atoms with Crippen LogP contribution in [0, 0.1) is 0 Å². The Bertz CT molecular complexity index is 957. The van der Waals surface area contributed by atoms with Crippen molar-refractivity contribution in [2.24, 2.45) is 14.1 Å². The minimum absolute atomic E-state index is 0. The molecule has 150 valence electrons. The minimum Gasteiger partial charge on any atom is -0.350 e. The lowest BCUT2D eigenvalue weighted by Gasteiger charge is -2.19. The van der Waals surface area contributed by atoms with Gasteiger partial charge in [-0.2, -0.15) is 10.1 Å². The van der Waals surface area contributed by atoms with E-state index in [1.165, 1.54) is 16.5 Å². The molecule has 1 saturated heterocycles. The van der Waals surface area contributed by atoms with Gasteiger partial charge in [0.2, 0.25) is 11.9 Å². The van der Waals surface area contributed by atoms with Gasteiger partial charge in [-0.15, -0.1) is 12.4 Å². The quantitative estimate of drug-likeness (QED) is 0.688. The predicted octanol–water partition coefficient (Wildman–Crippen LogP) is 2.77. The number of nitrogens with one attached hydrogen (secondary N) is 2. The minimum atomic E-state index is -0.0321. The van der Waals surface area contributed by atoms with Crippen molar-refractivity contribution in [3.8, 4) is 0 Å². The summed E-state index contributed by atoms with van der Waals surface area (Å²) < 4.78 is 3.78.